The summed E-state index contributed by atoms with van der Waals surface area (Å²) < 4.78 is 14.2. The number of anilines is 1. The van der Waals surface area contributed by atoms with E-state index in [9.17, 15) is 14.4 Å². The number of hydrogen-bond acceptors (Lipinski definition) is 7. The Labute approximate surface area is 182 Å². The second-order valence-corrected chi connectivity index (χ2v) is 7.93. The minimum absolute atomic E-state index is 0.166. The SMILES string of the molecule is Cn1nc(C2CCC(=O)NC2=O)c2ccc(OCC(=O)Nc3cnn(C4COC4)c3)cc21. The largest absolute Gasteiger partial charge is 0.484 e. The highest BCUT2D eigenvalue weighted by Gasteiger charge is 2.31. The van der Waals surface area contributed by atoms with Crippen molar-refractivity contribution in [3.05, 3.63) is 36.3 Å². The molecule has 2 aromatic heterocycles. The van der Waals surface area contributed by atoms with Gasteiger partial charge in [-0.1, -0.05) is 0 Å². The van der Waals surface area contributed by atoms with Gasteiger partial charge in [-0.05, 0) is 18.6 Å². The number of hydrogen-bond donors (Lipinski definition) is 2. The van der Waals surface area contributed by atoms with Gasteiger partial charge < -0.3 is 14.8 Å². The molecule has 2 aliphatic heterocycles. The molecule has 3 amide bonds. The van der Waals surface area contributed by atoms with Crippen molar-refractivity contribution >= 4 is 34.3 Å². The molecular formula is C21H22N6O5. The van der Waals surface area contributed by atoms with Crippen LogP contribution in [0.4, 0.5) is 5.69 Å². The van der Waals surface area contributed by atoms with E-state index in [0.717, 1.165) is 10.9 Å². The predicted octanol–water partition coefficient (Wildman–Crippen LogP) is 0.879. The van der Waals surface area contributed by atoms with Crippen LogP contribution in [0, 0.1) is 0 Å². The number of benzene rings is 1. The molecule has 166 valence electrons. The van der Waals surface area contributed by atoms with Crippen LogP contribution in [0.5, 0.6) is 5.75 Å². The summed E-state index contributed by atoms with van der Waals surface area (Å²) in [7, 11) is 1.78. The summed E-state index contributed by atoms with van der Waals surface area (Å²) in [5, 5.41) is 14.7. The zero-order chi connectivity index (χ0) is 22.2. The molecule has 0 bridgehead atoms. The molecule has 0 radical (unpaired) electrons. The van der Waals surface area contributed by atoms with E-state index in [2.05, 4.69) is 20.8 Å². The third-order valence-electron chi connectivity index (χ3n) is 5.67. The fourth-order valence-electron chi connectivity index (χ4n) is 3.89. The topological polar surface area (TPSA) is 129 Å². The first-order valence-electron chi connectivity index (χ1n) is 10.3. The number of carbonyl (C=O) groups excluding carboxylic acids is 3. The quantitative estimate of drug-likeness (QED) is 0.547. The molecule has 5 rings (SSSR count). The van der Waals surface area contributed by atoms with Gasteiger partial charge in [-0.2, -0.15) is 10.2 Å². The summed E-state index contributed by atoms with van der Waals surface area (Å²) in [5.41, 5.74) is 2.00. The lowest BCUT2D eigenvalue weighted by Gasteiger charge is -2.25. The number of amides is 3. The second-order valence-electron chi connectivity index (χ2n) is 7.93. The Morgan fingerprint density at radius 2 is 2.19 bits per heavy atom. The lowest BCUT2D eigenvalue weighted by molar-refractivity contribution is -0.134. The second kappa shape index (κ2) is 8.08. The van der Waals surface area contributed by atoms with Crippen molar-refractivity contribution in [2.45, 2.75) is 24.8 Å². The van der Waals surface area contributed by atoms with Crippen molar-refractivity contribution in [3.8, 4) is 5.75 Å². The molecule has 3 aromatic rings. The van der Waals surface area contributed by atoms with E-state index in [1.165, 1.54) is 0 Å². The number of rotatable bonds is 6. The minimum atomic E-state index is -0.471. The molecule has 4 heterocycles. The number of nitrogens with one attached hydrogen (secondary N) is 2. The van der Waals surface area contributed by atoms with Gasteiger partial charge in [-0.25, -0.2) is 0 Å². The maximum atomic E-state index is 12.3. The van der Waals surface area contributed by atoms with E-state index in [1.807, 2.05) is 6.07 Å². The maximum absolute atomic E-state index is 12.3. The average molecular weight is 438 g/mol. The van der Waals surface area contributed by atoms with Gasteiger partial charge in [0, 0.05) is 31.1 Å². The van der Waals surface area contributed by atoms with Crippen LogP contribution in [0.25, 0.3) is 10.9 Å². The molecule has 0 aliphatic carbocycles. The van der Waals surface area contributed by atoms with Crippen molar-refractivity contribution in [2.75, 3.05) is 25.1 Å². The number of aromatic nitrogens is 4. The smallest absolute Gasteiger partial charge is 0.262 e. The number of ether oxygens (including phenoxy) is 2. The first kappa shape index (κ1) is 20.2. The summed E-state index contributed by atoms with van der Waals surface area (Å²) in [4.78, 5) is 36.0. The highest BCUT2D eigenvalue weighted by molar-refractivity contribution is 6.02. The maximum Gasteiger partial charge on any atom is 0.262 e. The van der Waals surface area contributed by atoms with Crippen molar-refractivity contribution < 1.29 is 23.9 Å². The van der Waals surface area contributed by atoms with E-state index < -0.39 is 5.92 Å². The van der Waals surface area contributed by atoms with E-state index >= 15 is 0 Å². The Kier molecular flexibility index (Phi) is 5.10. The Morgan fingerprint density at radius 3 is 2.94 bits per heavy atom. The van der Waals surface area contributed by atoms with Crippen LogP contribution in [0.2, 0.25) is 0 Å². The van der Waals surface area contributed by atoms with Crippen LogP contribution in [0.15, 0.2) is 30.6 Å². The molecule has 0 saturated carbocycles. The van der Waals surface area contributed by atoms with Crippen molar-refractivity contribution in [1.29, 1.82) is 0 Å². The molecule has 2 fully saturated rings. The molecule has 1 aromatic carbocycles. The number of piperidine rings is 1. The summed E-state index contributed by atoms with van der Waals surface area (Å²) >= 11 is 0. The summed E-state index contributed by atoms with van der Waals surface area (Å²) in [6.45, 7) is 1.08. The highest BCUT2D eigenvalue weighted by Crippen LogP contribution is 2.32. The fourth-order valence-corrected chi connectivity index (χ4v) is 3.89. The number of nitrogens with zero attached hydrogens (tertiary/aromatic N) is 4. The molecule has 0 spiro atoms. The normalized spacial score (nSPS) is 19.0. The lowest BCUT2D eigenvalue weighted by Crippen LogP contribution is -2.39. The van der Waals surface area contributed by atoms with Crippen LogP contribution < -0.4 is 15.4 Å². The monoisotopic (exact) mass is 438 g/mol. The van der Waals surface area contributed by atoms with Crippen LogP contribution in [-0.2, 0) is 26.2 Å². The Hall–Kier alpha value is -3.73. The molecule has 1 atom stereocenters. The molecule has 11 heteroatoms. The zero-order valence-corrected chi connectivity index (χ0v) is 17.4. The first-order valence-corrected chi connectivity index (χ1v) is 10.3. The Bertz CT molecular complexity index is 1210. The van der Waals surface area contributed by atoms with Crippen molar-refractivity contribution in [2.24, 2.45) is 7.05 Å². The van der Waals surface area contributed by atoms with Crippen molar-refractivity contribution in [3.63, 3.8) is 0 Å². The van der Waals surface area contributed by atoms with Gasteiger partial charge in [0.1, 0.15) is 5.75 Å². The van der Waals surface area contributed by atoms with Gasteiger partial charge in [-0.3, -0.25) is 29.1 Å². The average Bonchev–Trinajstić information content (AvgIpc) is 3.29. The fraction of sp³-hybridized carbons (Fsp3) is 0.381. The summed E-state index contributed by atoms with van der Waals surface area (Å²) in [6, 6.07) is 5.55. The number of carbonyl (C=O) groups is 3. The van der Waals surface area contributed by atoms with E-state index in [1.54, 1.807) is 40.9 Å². The third-order valence-corrected chi connectivity index (χ3v) is 5.67. The van der Waals surface area contributed by atoms with Gasteiger partial charge in [0.2, 0.25) is 11.8 Å². The van der Waals surface area contributed by atoms with E-state index in [0.29, 0.717) is 36.8 Å². The van der Waals surface area contributed by atoms with Gasteiger partial charge >= 0.3 is 0 Å². The van der Waals surface area contributed by atoms with E-state index in [-0.39, 0.29) is 36.8 Å². The molecule has 1 unspecified atom stereocenters. The molecular weight excluding hydrogens is 416 g/mol. The summed E-state index contributed by atoms with van der Waals surface area (Å²) in [6.07, 6.45) is 4.08. The van der Waals surface area contributed by atoms with Crippen LogP contribution in [0.3, 0.4) is 0 Å². The standard InChI is InChI=1S/C21H22N6O5/c1-26-17-6-14(2-3-15(17)20(25-26)16-4-5-18(28)24-21(16)30)32-11-19(29)23-12-7-22-27(8-12)13-9-31-10-13/h2-3,6-8,13,16H,4-5,9-11H2,1H3,(H,23,29)(H,24,28,30). The third kappa shape index (κ3) is 3.82. The predicted molar refractivity (Wildman–Crippen MR) is 112 cm³/mol. The van der Waals surface area contributed by atoms with Gasteiger partial charge in [0.15, 0.2) is 6.61 Å². The molecule has 11 nitrogen and oxygen atoms in total. The highest BCUT2D eigenvalue weighted by atomic mass is 16.5. The van der Waals surface area contributed by atoms with Crippen LogP contribution in [0.1, 0.15) is 30.5 Å². The number of fused-ring (bicyclic) bond motifs is 1. The summed E-state index contributed by atoms with van der Waals surface area (Å²) in [5.74, 6) is -0.853. The molecule has 32 heavy (non-hydrogen) atoms. The number of aryl methyl sites for hydroxylation is 1. The van der Waals surface area contributed by atoms with Crippen LogP contribution >= 0.6 is 0 Å². The Morgan fingerprint density at radius 1 is 1.34 bits per heavy atom. The van der Waals surface area contributed by atoms with Gasteiger partial charge in [0.25, 0.3) is 5.91 Å². The van der Waals surface area contributed by atoms with Crippen LogP contribution in [-0.4, -0.2) is 57.1 Å². The minimum Gasteiger partial charge on any atom is -0.484 e. The van der Waals surface area contributed by atoms with Gasteiger partial charge in [0.05, 0.1) is 48.3 Å². The van der Waals surface area contributed by atoms with Gasteiger partial charge in [-0.15, -0.1) is 0 Å². The number of imide groups is 1. The zero-order valence-electron chi connectivity index (χ0n) is 17.4. The lowest BCUT2D eigenvalue weighted by atomic mass is 9.93. The Balaban J connectivity index is 1.24. The first-order chi connectivity index (χ1) is 15.5. The van der Waals surface area contributed by atoms with Crippen molar-refractivity contribution in [1.82, 2.24) is 24.9 Å². The van der Waals surface area contributed by atoms with E-state index in [4.69, 9.17) is 9.47 Å². The molecule has 2 saturated heterocycles. The molecule has 2 aliphatic rings. The molecule has 2 N–H and O–H groups in total.